The van der Waals surface area contributed by atoms with Crippen molar-refractivity contribution in [3.05, 3.63) is 48.5 Å². The fraction of sp³-hybridized carbons (Fsp3) is 0. The van der Waals surface area contributed by atoms with Crippen LogP contribution in [0.25, 0.3) is 61.7 Å². The lowest BCUT2D eigenvalue weighted by Crippen LogP contribution is -1.75. The molecule has 2 aromatic carbocycles. The first kappa shape index (κ1) is 16.5. The van der Waals surface area contributed by atoms with Gasteiger partial charge in [-0.05, 0) is 24.3 Å². The Bertz CT molecular complexity index is 1560. The smallest absolute Gasteiger partial charge is 0.113 e. The highest BCUT2D eigenvalue weighted by Crippen LogP contribution is 2.49. The van der Waals surface area contributed by atoms with Crippen LogP contribution in [0.2, 0.25) is 0 Å². The van der Waals surface area contributed by atoms with E-state index in [1.54, 1.807) is 0 Å². The summed E-state index contributed by atoms with van der Waals surface area (Å²) in [5, 5.41) is 0. The molecule has 0 unspecified atom stereocenters. The first-order chi connectivity index (χ1) is 14.3. The molecule has 0 radical (unpaired) electrons. The van der Waals surface area contributed by atoms with Gasteiger partial charge in [-0.15, -0.1) is 34.0 Å². The Kier molecular flexibility index (Phi) is 3.47. The highest BCUT2D eigenvalue weighted by molar-refractivity contribution is 7.40. The predicted molar refractivity (Wildman–Crippen MR) is 128 cm³/mol. The Balaban J connectivity index is 1.43. The lowest BCUT2D eigenvalue weighted by molar-refractivity contribution is 1.64. The molecule has 0 saturated heterocycles. The summed E-state index contributed by atoms with van der Waals surface area (Å²) in [6.07, 6.45) is 0. The summed E-state index contributed by atoms with van der Waals surface area (Å²) in [4.78, 5) is 2.51. The Hall–Kier alpha value is -2.30. The molecule has 0 saturated carbocycles. The summed E-state index contributed by atoms with van der Waals surface area (Å²) < 4.78 is 23.2. The second-order valence-electron chi connectivity index (χ2n) is 6.59. The van der Waals surface area contributed by atoms with Crippen molar-refractivity contribution >= 4 is 98.3 Å². The zero-order valence-corrected chi connectivity index (χ0v) is 18.5. The molecule has 0 amide bonds. The zero-order chi connectivity index (χ0) is 18.9. The van der Waals surface area contributed by atoms with Crippen LogP contribution in [0, 0.1) is 0 Å². The van der Waals surface area contributed by atoms with Gasteiger partial charge in [0, 0.05) is 30.3 Å². The van der Waals surface area contributed by atoms with Gasteiger partial charge in [-0.25, -0.2) is 0 Å². The molecule has 29 heavy (non-hydrogen) atoms. The predicted octanol–water partition coefficient (Wildman–Crippen LogP) is 7.52. The van der Waals surface area contributed by atoms with Gasteiger partial charge in [-0.3, -0.25) is 0 Å². The highest BCUT2D eigenvalue weighted by atomic mass is 32.1. The van der Waals surface area contributed by atoms with Crippen LogP contribution in [0.1, 0.15) is 0 Å². The minimum Gasteiger partial charge on any atom is -0.173 e. The number of benzene rings is 2. The Morgan fingerprint density at radius 3 is 1.59 bits per heavy atom. The van der Waals surface area contributed by atoms with Gasteiger partial charge in [0.2, 0.25) is 0 Å². The quantitative estimate of drug-likeness (QED) is 0.265. The molecule has 0 aliphatic rings. The Morgan fingerprint density at radius 2 is 1.07 bits per heavy atom. The fourth-order valence-electron chi connectivity index (χ4n) is 3.61. The SMILES string of the molecule is c1cc(-c2cc3sc4cc(-c5cccc6nsnc56)sc4c3s2)c2nsnc2c1. The third-order valence-electron chi connectivity index (χ3n) is 4.93. The van der Waals surface area contributed by atoms with Gasteiger partial charge in [0.15, 0.2) is 0 Å². The van der Waals surface area contributed by atoms with E-state index in [9.17, 15) is 0 Å². The summed E-state index contributed by atoms with van der Waals surface area (Å²) >= 11 is 8.11. The molecule has 0 fully saturated rings. The van der Waals surface area contributed by atoms with Crippen molar-refractivity contribution in [2.75, 3.05) is 0 Å². The van der Waals surface area contributed by atoms with E-state index < -0.39 is 0 Å². The maximum atomic E-state index is 4.51. The van der Waals surface area contributed by atoms with Crippen molar-refractivity contribution in [2.24, 2.45) is 0 Å². The minimum absolute atomic E-state index is 0.970. The van der Waals surface area contributed by atoms with Gasteiger partial charge in [0.05, 0.1) is 32.9 Å². The van der Waals surface area contributed by atoms with Crippen LogP contribution in [-0.2, 0) is 0 Å². The zero-order valence-electron chi connectivity index (χ0n) is 14.4. The van der Waals surface area contributed by atoms with E-state index in [1.807, 2.05) is 46.1 Å². The van der Waals surface area contributed by atoms with Crippen LogP contribution in [0.4, 0.5) is 0 Å². The van der Waals surface area contributed by atoms with E-state index in [-0.39, 0.29) is 0 Å². The van der Waals surface area contributed by atoms with Crippen molar-refractivity contribution in [3.8, 4) is 20.9 Å². The number of hydrogen-bond acceptors (Lipinski definition) is 9. The summed E-state index contributed by atoms with van der Waals surface area (Å²) in [5.41, 5.74) is 6.28. The lowest BCUT2D eigenvalue weighted by Gasteiger charge is -1.97. The first-order valence-corrected chi connectivity index (χ1v) is 12.7. The molecule has 138 valence electrons. The van der Waals surface area contributed by atoms with Crippen LogP contribution >= 0.6 is 57.5 Å². The van der Waals surface area contributed by atoms with Crippen molar-refractivity contribution in [1.29, 1.82) is 0 Å². The van der Waals surface area contributed by atoms with E-state index in [4.69, 9.17) is 0 Å². The monoisotopic (exact) mass is 464 g/mol. The van der Waals surface area contributed by atoms with E-state index in [0.717, 1.165) is 22.1 Å². The summed E-state index contributed by atoms with van der Waals surface area (Å²) in [5.74, 6) is 0. The number of thiophene rings is 3. The molecular formula is C20H8N4S5. The molecule has 5 aromatic heterocycles. The van der Waals surface area contributed by atoms with Gasteiger partial charge in [-0.1, -0.05) is 24.3 Å². The second kappa shape index (κ2) is 6.10. The van der Waals surface area contributed by atoms with Crippen molar-refractivity contribution in [1.82, 2.24) is 17.5 Å². The van der Waals surface area contributed by atoms with E-state index in [0.29, 0.717) is 0 Å². The first-order valence-electron chi connectivity index (χ1n) is 8.74. The minimum atomic E-state index is 0.970. The molecule has 7 rings (SSSR count). The van der Waals surface area contributed by atoms with E-state index in [1.165, 1.54) is 63.1 Å². The van der Waals surface area contributed by atoms with Gasteiger partial charge < -0.3 is 0 Å². The molecule has 0 atom stereocenters. The molecule has 7 aromatic rings. The number of hydrogen-bond donors (Lipinski definition) is 0. The molecule has 0 N–H and O–H groups in total. The highest BCUT2D eigenvalue weighted by Gasteiger charge is 2.18. The Morgan fingerprint density at radius 1 is 0.552 bits per heavy atom. The normalized spacial score (nSPS) is 12.1. The summed E-state index contributed by atoms with van der Waals surface area (Å²) in [6, 6.07) is 17.1. The average Bonchev–Trinajstić information content (AvgIpc) is 3.52. The number of aromatic nitrogens is 4. The number of nitrogens with zero attached hydrogens (tertiary/aromatic N) is 4. The standard InChI is InChI=1S/C20H8N4S5/c1-3-9(17-11(5-1)21-28-23-17)13-7-15-19(26-13)20-16(25-15)8-14(27-20)10-4-2-6-12-18(10)24-29-22-12/h1-8H. The summed E-state index contributed by atoms with van der Waals surface area (Å²) in [6.45, 7) is 0. The molecule has 5 heterocycles. The second-order valence-corrected chi connectivity index (χ2v) is 10.8. The fourth-order valence-corrected chi connectivity index (χ4v) is 8.79. The van der Waals surface area contributed by atoms with Crippen LogP contribution in [-0.4, -0.2) is 17.5 Å². The van der Waals surface area contributed by atoms with Gasteiger partial charge in [0.1, 0.15) is 22.1 Å². The van der Waals surface area contributed by atoms with Crippen LogP contribution in [0.5, 0.6) is 0 Å². The topological polar surface area (TPSA) is 51.6 Å². The molecule has 0 spiro atoms. The van der Waals surface area contributed by atoms with Crippen molar-refractivity contribution in [2.45, 2.75) is 0 Å². The van der Waals surface area contributed by atoms with Crippen molar-refractivity contribution in [3.63, 3.8) is 0 Å². The average molecular weight is 465 g/mol. The molecular weight excluding hydrogens is 457 g/mol. The molecule has 4 nitrogen and oxygen atoms in total. The van der Waals surface area contributed by atoms with E-state index >= 15 is 0 Å². The van der Waals surface area contributed by atoms with Crippen LogP contribution in [0.15, 0.2) is 48.5 Å². The largest absolute Gasteiger partial charge is 0.173 e. The van der Waals surface area contributed by atoms with Crippen molar-refractivity contribution < 1.29 is 0 Å². The van der Waals surface area contributed by atoms with Crippen LogP contribution in [0.3, 0.4) is 0 Å². The molecule has 0 bridgehead atoms. The number of fused-ring (bicyclic) bond motifs is 5. The number of rotatable bonds is 2. The summed E-state index contributed by atoms with van der Waals surface area (Å²) in [7, 11) is 0. The molecule has 0 aliphatic carbocycles. The Labute approximate surface area is 184 Å². The maximum Gasteiger partial charge on any atom is 0.113 e. The van der Waals surface area contributed by atoms with Gasteiger partial charge in [-0.2, -0.15) is 17.5 Å². The van der Waals surface area contributed by atoms with Crippen LogP contribution < -0.4 is 0 Å². The lowest BCUT2D eigenvalue weighted by atomic mass is 10.1. The van der Waals surface area contributed by atoms with E-state index in [2.05, 4.69) is 53.9 Å². The third-order valence-corrected chi connectivity index (χ3v) is 9.85. The van der Waals surface area contributed by atoms with Gasteiger partial charge >= 0.3 is 0 Å². The molecule has 9 heteroatoms. The third kappa shape index (κ3) is 2.39. The molecule has 0 aliphatic heterocycles. The van der Waals surface area contributed by atoms with Gasteiger partial charge in [0.25, 0.3) is 0 Å². The maximum absolute atomic E-state index is 4.51.